The standard InChI is InChI=1S/C15H13N5O/c1-9(2)12-13(11-5-3-10(7-16)4-6-11)19-15-17-8-18-20(15)14(12)21/h3-6,8-9H,1-2H3,(H,17,18,19). The Morgan fingerprint density at radius 2 is 2.00 bits per heavy atom. The van der Waals surface area contributed by atoms with Crippen LogP contribution in [0.15, 0.2) is 35.4 Å². The molecule has 0 radical (unpaired) electrons. The zero-order valence-electron chi connectivity index (χ0n) is 11.7. The van der Waals surface area contributed by atoms with Crippen LogP contribution < -0.4 is 5.56 Å². The van der Waals surface area contributed by atoms with E-state index < -0.39 is 0 Å². The van der Waals surface area contributed by atoms with Gasteiger partial charge in [-0.05, 0) is 23.6 Å². The van der Waals surface area contributed by atoms with E-state index in [1.54, 1.807) is 12.1 Å². The molecule has 0 fully saturated rings. The number of nitriles is 1. The zero-order valence-corrected chi connectivity index (χ0v) is 11.7. The smallest absolute Gasteiger partial charge is 0.279 e. The molecule has 0 spiro atoms. The molecule has 0 amide bonds. The fourth-order valence-electron chi connectivity index (χ4n) is 2.35. The molecule has 0 aliphatic rings. The maximum atomic E-state index is 12.5. The molecule has 6 heteroatoms. The first-order chi connectivity index (χ1) is 10.1. The summed E-state index contributed by atoms with van der Waals surface area (Å²) >= 11 is 0. The van der Waals surface area contributed by atoms with Gasteiger partial charge in [-0.15, -0.1) is 0 Å². The van der Waals surface area contributed by atoms with Crippen molar-refractivity contribution in [1.29, 1.82) is 5.26 Å². The topological polar surface area (TPSA) is 86.8 Å². The first-order valence-electron chi connectivity index (χ1n) is 6.58. The Labute approximate surface area is 120 Å². The minimum atomic E-state index is -0.171. The van der Waals surface area contributed by atoms with Gasteiger partial charge in [0, 0.05) is 5.56 Å². The van der Waals surface area contributed by atoms with E-state index in [0.29, 0.717) is 16.9 Å². The van der Waals surface area contributed by atoms with Crippen molar-refractivity contribution in [2.75, 3.05) is 0 Å². The van der Waals surface area contributed by atoms with Gasteiger partial charge in [-0.1, -0.05) is 26.0 Å². The summed E-state index contributed by atoms with van der Waals surface area (Å²) < 4.78 is 1.27. The molecule has 104 valence electrons. The fraction of sp³-hybridized carbons (Fsp3) is 0.200. The molecular weight excluding hydrogens is 266 g/mol. The van der Waals surface area contributed by atoms with Crippen LogP contribution in [-0.4, -0.2) is 19.6 Å². The molecule has 6 nitrogen and oxygen atoms in total. The van der Waals surface area contributed by atoms with E-state index in [1.807, 2.05) is 26.0 Å². The van der Waals surface area contributed by atoms with Gasteiger partial charge in [0.05, 0.1) is 17.3 Å². The molecule has 0 atom stereocenters. The van der Waals surface area contributed by atoms with Crippen LogP contribution in [0, 0.1) is 11.3 Å². The Morgan fingerprint density at radius 3 is 2.62 bits per heavy atom. The van der Waals surface area contributed by atoms with E-state index in [4.69, 9.17) is 5.26 Å². The van der Waals surface area contributed by atoms with Crippen molar-refractivity contribution in [3.05, 3.63) is 52.1 Å². The molecule has 0 bridgehead atoms. The second kappa shape index (κ2) is 4.87. The molecular formula is C15H13N5O. The van der Waals surface area contributed by atoms with Gasteiger partial charge < -0.3 is 4.98 Å². The third-order valence-electron chi connectivity index (χ3n) is 3.36. The van der Waals surface area contributed by atoms with Gasteiger partial charge in [-0.2, -0.15) is 19.9 Å². The molecule has 3 rings (SSSR count). The molecule has 2 aromatic heterocycles. The van der Waals surface area contributed by atoms with Gasteiger partial charge in [-0.25, -0.2) is 0 Å². The summed E-state index contributed by atoms with van der Waals surface area (Å²) in [6, 6.07) is 9.18. The Balaban J connectivity index is 2.32. The molecule has 3 aromatic rings. The van der Waals surface area contributed by atoms with Crippen LogP contribution in [0.2, 0.25) is 0 Å². The highest BCUT2D eigenvalue weighted by Crippen LogP contribution is 2.25. The Bertz CT molecular complexity index is 896. The molecule has 1 aromatic carbocycles. The predicted molar refractivity (Wildman–Crippen MR) is 77.8 cm³/mol. The number of nitrogens with zero attached hydrogens (tertiary/aromatic N) is 4. The van der Waals surface area contributed by atoms with Crippen molar-refractivity contribution in [2.45, 2.75) is 19.8 Å². The number of hydrogen-bond acceptors (Lipinski definition) is 4. The monoisotopic (exact) mass is 279 g/mol. The van der Waals surface area contributed by atoms with Crippen molar-refractivity contribution in [3.63, 3.8) is 0 Å². The number of fused-ring (bicyclic) bond motifs is 1. The lowest BCUT2D eigenvalue weighted by Crippen LogP contribution is -2.22. The summed E-state index contributed by atoms with van der Waals surface area (Å²) in [5, 5.41) is 12.8. The highest BCUT2D eigenvalue weighted by Gasteiger charge is 2.17. The van der Waals surface area contributed by atoms with Crippen LogP contribution in [0.1, 0.15) is 30.9 Å². The number of nitrogens with one attached hydrogen (secondary N) is 1. The molecule has 21 heavy (non-hydrogen) atoms. The van der Waals surface area contributed by atoms with Gasteiger partial charge in [-0.3, -0.25) is 4.79 Å². The van der Waals surface area contributed by atoms with Crippen molar-refractivity contribution in [1.82, 2.24) is 19.6 Å². The molecule has 0 aliphatic carbocycles. The zero-order chi connectivity index (χ0) is 15.0. The maximum Gasteiger partial charge on any atom is 0.279 e. The van der Waals surface area contributed by atoms with Crippen LogP contribution in [0.3, 0.4) is 0 Å². The Hall–Kier alpha value is -2.94. The summed E-state index contributed by atoms with van der Waals surface area (Å²) in [5.41, 5.74) is 2.63. The number of hydrogen-bond donors (Lipinski definition) is 1. The van der Waals surface area contributed by atoms with Crippen LogP contribution in [0.5, 0.6) is 0 Å². The Kier molecular flexibility index (Phi) is 3.03. The van der Waals surface area contributed by atoms with E-state index in [0.717, 1.165) is 11.3 Å². The van der Waals surface area contributed by atoms with Crippen molar-refractivity contribution in [3.8, 4) is 17.3 Å². The van der Waals surface area contributed by atoms with E-state index in [9.17, 15) is 4.79 Å². The number of benzene rings is 1. The number of aromatic amines is 1. The largest absolute Gasteiger partial charge is 0.323 e. The first-order valence-corrected chi connectivity index (χ1v) is 6.58. The van der Waals surface area contributed by atoms with E-state index in [-0.39, 0.29) is 11.5 Å². The second-order valence-electron chi connectivity index (χ2n) is 5.06. The highest BCUT2D eigenvalue weighted by molar-refractivity contribution is 5.65. The lowest BCUT2D eigenvalue weighted by molar-refractivity contribution is 0.797. The van der Waals surface area contributed by atoms with Crippen LogP contribution >= 0.6 is 0 Å². The lowest BCUT2D eigenvalue weighted by Gasteiger charge is -2.12. The SMILES string of the molecule is CC(C)c1c(-c2ccc(C#N)cc2)[nH]c2ncnn2c1=O. The average Bonchev–Trinajstić information content (AvgIpc) is 2.95. The average molecular weight is 279 g/mol. The quantitative estimate of drug-likeness (QED) is 0.778. The molecule has 0 aliphatic heterocycles. The number of rotatable bonds is 2. The van der Waals surface area contributed by atoms with E-state index in [2.05, 4.69) is 21.1 Å². The maximum absolute atomic E-state index is 12.5. The summed E-state index contributed by atoms with van der Waals surface area (Å²) in [6.45, 7) is 3.92. The molecule has 0 saturated heterocycles. The minimum Gasteiger partial charge on any atom is -0.323 e. The van der Waals surface area contributed by atoms with Gasteiger partial charge in [0.25, 0.3) is 5.56 Å². The molecule has 0 saturated carbocycles. The third-order valence-corrected chi connectivity index (χ3v) is 3.36. The van der Waals surface area contributed by atoms with Crippen LogP contribution in [0.25, 0.3) is 17.0 Å². The summed E-state index contributed by atoms with van der Waals surface area (Å²) in [6.07, 6.45) is 1.35. The minimum absolute atomic E-state index is 0.0352. The third kappa shape index (κ3) is 2.09. The van der Waals surface area contributed by atoms with Crippen molar-refractivity contribution in [2.24, 2.45) is 0 Å². The molecule has 0 unspecified atom stereocenters. The Morgan fingerprint density at radius 1 is 1.29 bits per heavy atom. The first kappa shape index (κ1) is 13.1. The summed E-state index contributed by atoms with van der Waals surface area (Å²) in [7, 11) is 0. The van der Waals surface area contributed by atoms with E-state index >= 15 is 0 Å². The van der Waals surface area contributed by atoms with Gasteiger partial charge in [0.1, 0.15) is 6.33 Å². The predicted octanol–water partition coefficient (Wildman–Crippen LogP) is 2.08. The van der Waals surface area contributed by atoms with Gasteiger partial charge in [0.2, 0.25) is 5.78 Å². The highest BCUT2D eigenvalue weighted by atomic mass is 16.1. The van der Waals surface area contributed by atoms with Gasteiger partial charge in [0.15, 0.2) is 0 Å². The fourth-order valence-corrected chi connectivity index (χ4v) is 2.35. The normalized spacial score (nSPS) is 11.0. The number of H-pyrrole nitrogens is 1. The summed E-state index contributed by atoms with van der Waals surface area (Å²) in [5.74, 6) is 0.441. The second-order valence-corrected chi connectivity index (χ2v) is 5.06. The lowest BCUT2D eigenvalue weighted by atomic mass is 9.98. The molecule has 1 N–H and O–H groups in total. The summed E-state index contributed by atoms with van der Waals surface area (Å²) in [4.78, 5) is 19.7. The van der Waals surface area contributed by atoms with Crippen molar-refractivity contribution < 1.29 is 0 Å². The van der Waals surface area contributed by atoms with Crippen LogP contribution in [-0.2, 0) is 0 Å². The van der Waals surface area contributed by atoms with Gasteiger partial charge >= 0.3 is 0 Å². The van der Waals surface area contributed by atoms with E-state index in [1.165, 1.54) is 10.8 Å². The number of aromatic nitrogens is 4. The molecule has 2 heterocycles. The van der Waals surface area contributed by atoms with Crippen LogP contribution in [0.4, 0.5) is 0 Å². The van der Waals surface area contributed by atoms with Crippen molar-refractivity contribution >= 4 is 5.78 Å².